The third-order valence-corrected chi connectivity index (χ3v) is 4.91. The average Bonchev–Trinajstić information content (AvgIpc) is 2.78. The highest BCUT2D eigenvalue weighted by atomic mass is 35.5. The predicted octanol–water partition coefficient (Wildman–Crippen LogP) is 4.15. The molecule has 1 aromatic carbocycles. The topological polar surface area (TPSA) is 26.0 Å². The first-order valence-electron chi connectivity index (χ1n) is 5.99. The fourth-order valence-corrected chi connectivity index (χ4v) is 3.67. The molecule has 0 bridgehead atoms. The van der Waals surface area contributed by atoms with Gasteiger partial charge in [-0.1, -0.05) is 30.5 Å². The molecule has 1 nitrogen and oxygen atoms in total. The summed E-state index contributed by atoms with van der Waals surface area (Å²) >= 11 is 7.59. The molecule has 1 unspecified atom stereocenters. The van der Waals surface area contributed by atoms with E-state index in [4.69, 9.17) is 17.3 Å². The Morgan fingerprint density at radius 2 is 2.12 bits per heavy atom. The van der Waals surface area contributed by atoms with Gasteiger partial charge in [-0.2, -0.15) is 11.8 Å². The molecular weight excluding hydrogens is 257 g/mol. The van der Waals surface area contributed by atoms with Crippen LogP contribution < -0.4 is 5.73 Å². The summed E-state index contributed by atoms with van der Waals surface area (Å²) in [4.78, 5) is 0. The van der Waals surface area contributed by atoms with Gasteiger partial charge in [-0.3, -0.25) is 0 Å². The molecular formula is C13H17ClFNS. The molecule has 0 aromatic heterocycles. The molecule has 4 heteroatoms. The van der Waals surface area contributed by atoms with E-state index in [9.17, 15) is 4.39 Å². The Morgan fingerprint density at radius 3 is 2.76 bits per heavy atom. The second-order valence-corrected chi connectivity index (χ2v) is 6.28. The third-order valence-electron chi connectivity index (χ3n) is 3.18. The van der Waals surface area contributed by atoms with Gasteiger partial charge in [-0.05, 0) is 25.0 Å². The molecule has 17 heavy (non-hydrogen) atoms. The monoisotopic (exact) mass is 273 g/mol. The lowest BCUT2D eigenvalue weighted by Gasteiger charge is -2.15. The maximum atomic E-state index is 13.6. The summed E-state index contributed by atoms with van der Waals surface area (Å²) in [6, 6.07) is 4.48. The van der Waals surface area contributed by atoms with Gasteiger partial charge in [0.25, 0.3) is 0 Å². The van der Waals surface area contributed by atoms with E-state index in [-0.39, 0.29) is 11.9 Å². The van der Waals surface area contributed by atoms with Crippen LogP contribution in [0.1, 0.15) is 37.3 Å². The Hall–Kier alpha value is -0.250. The smallest absolute Gasteiger partial charge is 0.129 e. The minimum Gasteiger partial charge on any atom is -0.323 e. The van der Waals surface area contributed by atoms with Crippen LogP contribution in [0.25, 0.3) is 0 Å². The normalized spacial score (nSPS) is 18.5. The van der Waals surface area contributed by atoms with Crippen LogP contribution >= 0.6 is 23.4 Å². The Labute approximate surface area is 111 Å². The van der Waals surface area contributed by atoms with Gasteiger partial charge in [-0.25, -0.2) is 4.39 Å². The van der Waals surface area contributed by atoms with Crippen LogP contribution in [-0.2, 0) is 0 Å². The second-order valence-electron chi connectivity index (χ2n) is 4.51. The van der Waals surface area contributed by atoms with Crippen molar-refractivity contribution in [2.45, 2.75) is 37.0 Å². The Bertz CT molecular complexity index is 380. The SMILES string of the molecule is NC(CSC1CCCC1)c1ccc(Cl)cc1F. The summed E-state index contributed by atoms with van der Waals surface area (Å²) in [6.45, 7) is 0. The van der Waals surface area contributed by atoms with Crippen molar-refractivity contribution >= 4 is 23.4 Å². The summed E-state index contributed by atoms with van der Waals surface area (Å²) in [6.07, 6.45) is 5.20. The van der Waals surface area contributed by atoms with Gasteiger partial charge in [0.2, 0.25) is 0 Å². The first kappa shape index (κ1) is 13.2. The number of rotatable bonds is 4. The van der Waals surface area contributed by atoms with E-state index in [0.29, 0.717) is 10.6 Å². The highest BCUT2D eigenvalue weighted by molar-refractivity contribution is 7.99. The van der Waals surface area contributed by atoms with Crippen LogP contribution in [0.15, 0.2) is 18.2 Å². The maximum absolute atomic E-state index is 13.6. The van der Waals surface area contributed by atoms with Crippen molar-refractivity contribution in [3.63, 3.8) is 0 Å². The first-order chi connectivity index (χ1) is 8.16. The van der Waals surface area contributed by atoms with Crippen LogP contribution in [0.2, 0.25) is 5.02 Å². The minimum absolute atomic E-state index is 0.238. The number of nitrogens with two attached hydrogens (primary N) is 1. The zero-order valence-corrected chi connectivity index (χ0v) is 11.2. The van der Waals surface area contributed by atoms with Gasteiger partial charge >= 0.3 is 0 Å². The fourth-order valence-electron chi connectivity index (χ4n) is 2.19. The van der Waals surface area contributed by atoms with Crippen molar-refractivity contribution in [2.24, 2.45) is 5.73 Å². The lowest BCUT2D eigenvalue weighted by Crippen LogP contribution is -2.16. The molecule has 1 aliphatic rings. The molecule has 0 aliphatic heterocycles. The molecule has 94 valence electrons. The van der Waals surface area contributed by atoms with Crippen molar-refractivity contribution in [1.82, 2.24) is 0 Å². The summed E-state index contributed by atoms with van der Waals surface area (Å²) in [7, 11) is 0. The van der Waals surface area contributed by atoms with Crippen LogP contribution in [-0.4, -0.2) is 11.0 Å². The van der Waals surface area contributed by atoms with E-state index in [1.54, 1.807) is 12.1 Å². The Kier molecular flexibility index (Phi) is 4.71. The molecule has 1 fully saturated rings. The molecule has 1 atom stereocenters. The van der Waals surface area contributed by atoms with E-state index in [2.05, 4.69) is 0 Å². The highest BCUT2D eigenvalue weighted by Gasteiger charge is 2.18. The van der Waals surface area contributed by atoms with Gasteiger partial charge in [0, 0.05) is 27.6 Å². The number of hydrogen-bond acceptors (Lipinski definition) is 2. The van der Waals surface area contributed by atoms with Crippen molar-refractivity contribution < 1.29 is 4.39 Å². The zero-order valence-electron chi connectivity index (χ0n) is 9.66. The molecule has 0 amide bonds. The van der Waals surface area contributed by atoms with Gasteiger partial charge in [0.1, 0.15) is 5.82 Å². The lowest BCUT2D eigenvalue weighted by atomic mass is 10.1. The van der Waals surface area contributed by atoms with Gasteiger partial charge < -0.3 is 5.73 Å². The van der Waals surface area contributed by atoms with Crippen LogP contribution in [0.4, 0.5) is 4.39 Å². The van der Waals surface area contributed by atoms with Gasteiger partial charge in [0.05, 0.1) is 0 Å². The average molecular weight is 274 g/mol. The van der Waals surface area contributed by atoms with Crippen LogP contribution in [0.5, 0.6) is 0 Å². The molecule has 2 rings (SSSR count). The van der Waals surface area contributed by atoms with E-state index < -0.39 is 0 Å². The predicted molar refractivity (Wildman–Crippen MR) is 73.1 cm³/mol. The van der Waals surface area contributed by atoms with E-state index in [1.807, 2.05) is 11.8 Å². The number of thioether (sulfide) groups is 1. The van der Waals surface area contributed by atoms with E-state index >= 15 is 0 Å². The standard InChI is InChI=1S/C13H17ClFNS/c14-9-5-6-11(12(15)7-9)13(16)8-17-10-3-1-2-4-10/h5-7,10,13H,1-4,8,16H2. The number of halogens is 2. The summed E-state index contributed by atoms with van der Waals surface area (Å²) < 4.78 is 13.6. The number of hydrogen-bond donors (Lipinski definition) is 1. The van der Waals surface area contributed by atoms with Gasteiger partial charge in [0.15, 0.2) is 0 Å². The van der Waals surface area contributed by atoms with E-state index in [0.717, 1.165) is 11.0 Å². The highest BCUT2D eigenvalue weighted by Crippen LogP contribution is 2.32. The molecule has 1 aliphatic carbocycles. The molecule has 0 spiro atoms. The maximum Gasteiger partial charge on any atom is 0.129 e. The molecule has 0 heterocycles. The van der Waals surface area contributed by atoms with Crippen molar-refractivity contribution in [3.8, 4) is 0 Å². The van der Waals surface area contributed by atoms with Crippen LogP contribution in [0, 0.1) is 5.82 Å². The quantitative estimate of drug-likeness (QED) is 0.892. The van der Waals surface area contributed by atoms with Gasteiger partial charge in [-0.15, -0.1) is 0 Å². The van der Waals surface area contributed by atoms with Crippen molar-refractivity contribution in [2.75, 3.05) is 5.75 Å². The summed E-state index contributed by atoms with van der Waals surface area (Å²) in [5.74, 6) is 0.487. The third kappa shape index (κ3) is 3.60. The Morgan fingerprint density at radius 1 is 1.41 bits per heavy atom. The minimum atomic E-state index is -0.294. The summed E-state index contributed by atoms with van der Waals surface area (Å²) in [5.41, 5.74) is 6.59. The lowest BCUT2D eigenvalue weighted by molar-refractivity contribution is 0.595. The van der Waals surface area contributed by atoms with Crippen molar-refractivity contribution in [3.05, 3.63) is 34.6 Å². The van der Waals surface area contributed by atoms with Crippen LogP contribution in [0.3, 0.4) is 0 Å². The molecule has 2 N–H and O–H groups in total. The second kappa shape index (κ2) is 6.07. The fraction of sp³-hybridized carbons (Fsp3) is 0.538. The van der Waals surface area contributed by atoms with E-state index in [1.165, 1.54) is 31.7 Å². The summed E-state index contributed by atoms with van der Waals surface area (Å²) in [5, 5.41) is 1.14. The molecule has 0 saturated heterocycles. The number of benzene rings is 1. The molecule has 1 aromatic rings. The van der Waals surface area contributed by atoms with Crippen molar-refractivity contribution in [1.29, 1.82) is 0 Å². The molecule has 0 radical (unpaired) electrons. The zero-order chi connectivity index (χ0) is 12.3. The largest absolute Gasteiger partial charge is 0.323 e. The first-order valence-corrected chi connectivity index (χ1v) is 7.41. The Balaban J connectivity index is 1.91. The molecule has 1 saturated carbocycles.